The van der Waals surface area contributed by atoms with E-state index in [1.807, 2.05) is 31.2 Å². The van der Waals surface area contributed by atoms with Crippen molar-refractivity contribution in [1.29, 1.82) is 0 Å². The van der Waals surface area contributed by atoms with Gasteiger partial charge in [0.1, 0.15) is 11.9 Å². The highest BCUT2D eigenvalue weighted by atomic mass is 16.5. The molecule has 0 spiro atoms. The molecular formula is C23H24N4O4. The van der Waals surface area contributed by atoms with E-state index < -0.39 is 0 Å². The molecule has 2 aromatic carbocycles. The van der Waals surface area contributed by atoms with Crippen molar-refractivity contribution in [2.75, 3.05) is 37.4 Å². The molecule has 4 rings (SSSR count). The van der Waals surface area contributed by atoms with Crippen molar-refractivity contribution in [2.45, 2.75) is 13.0 Å². The van der Waals surface area contributed by atoms with Gasteiger partial charge in [0, 0.05) is 18.7 Å². The number of carbonyl (C=O) groups is 1. The molecule has 8 nitrogen and oxygen atoms in total. The van der Waals surface area contributed by atoms with Gasteiger partial charge in [-0.3, -0.25) is 0 Å². The van der Waals surface area contributed by atoms with Crippen molar-refractivity contribution in [3.63, 3.8) is 0 Å². The van der Waals surface area contributed by atoms with Crippen LogP contribution in [0.4, 0.5) is 11.5 Å². The third-order valence-electron chi connectivity index (χ3n) is 5.43. The number of methoxy groups -OCH3 is 1. The number of benzene rings is 2. The van der Waals surface area contributed by atoms with E-state index in [2.05, 4.69) is 15.1 Å². The third-order valence-corrected chi connectivity index (χ3v) is 5.43. The summed E-state index contributed by atoms with van der Waals surface area (Å²) in [5.74, 6) is 0.0828. The Kier molecular flexibility index (Phi) is 5.73. The minimum absolute atomic E-state index is 0.133. The van der Waals surface area contributed by atoms with E-state index in [0.29, 0.717) is 42.3 Å². The van der Waals surface area contributed by atoms with Crippen LogP contribution in [0.15, 0.2) is 48.5 Å². The van der Waals surface area contributed by atoms with E-state index in [9.17, 15) is 9.90 Å². The zero-order valence-electron chi connectivity index (χ0n) is 17.4. The van der Waals surface area contributed by atoms with E-state index in [1.165, 1.54) is 7.11 Å². The predicted molar refractivity (Wildman–Crippen MR) is 117 cm³/mol. The Labute approximate surface area is 180 Å². The van der Waals surface area contributed by atoms with Crippen LogP contribution >= 0.6 is 0 Å². The summed E-state index contributed by atoms with van der Waals surface area (Å²) in [4.78, 5) is 13.9. The maximum atomic E-state index is 11.8. The summed E-state index contributed by atoms with van der Waals surface area (Å²) in [5.41, 5.74) is 10.5. The molecule has 1 fully saturated rings. The lowest BCUT2D eigenvalue weighted by molar-refractivity contribution is 0.0393. The number of nitrogens with two attached hydrogens (primary N) is 1. The van der Waals surface area contributed by atoms with Crippen LogP contribution in [-0.4, -0.2) is 48.1 Å². The number of anilines is 2. The average Bonchev–Trinajstić information content (AvgIpc) is 2.79. The number of carbonyl (C=O) groups excluding carboxylic acids is 1. The smallest absolute Gasteiger partial charge is 0.337 e. The molecule has 0 bridgehead atoms. The maximum absolute atomic E-state index is 11.8. The molecule has 0 saturated carbocycles. The lowest BCUT2D eigenvalue weighted by Crippen LogP contribution is -2.39. The van der Waals surface area contributed by atoms with Crippen LogP contribution < -0.4 is 10.6 Å². The first-order valence-corrected chi connectivity index (χ1v) is 9.95. The first-order chi connectivity index (χ1) is 15.0. The van der Waals surface area contributed by atoms with E-state index >= 15 is 0 Å². The molecule has 160 valence electrons. The van der Waals surface area contributed by atoms with Gasteiger partial charge in [0.05, 0.1) is 30.7 Å². The number of ether oxygens (including phenoxy) is 2. The largest absolute Gasteiger partial charge is 0.507 e. The van der Waals surface area contributed by atoms with Gasteiger partial charge in [-0.2, -0.15) is 0 Å². The number of aryl methyl sites for hydroxylation is 1. The molecule has 1 aromatic heterocycles. The Bertz CT molecular complexity index is 1120. The number of rotatable bonds is 4. The van der Waals surface area contributed by atoms with E-state index in [-0.39, 0.29) is 17.8 Å². The fourth-order valence-electron chi connectivity index (χ4n) is 3.80. The zero-order chi connectivity index (χ0) is 22.0. The van der Waals surface area contributed by atoms with E-state index in [0.717, 1.165) is 16.8 Å². The Morgan fingerprint density at radius 1 is 1.23 bits per heavy atom. The van der Waals surface area contributed by atoms with Crippen LogP contribution in [0, 0.1) is 6.92 Å². The van der Waals surface area contributed by atoms with Gasteiger partial charge in [0.2, 0.25) is 0 Å². The fraction of sp³-hybridized carbons (Fsp3) is 0.261. The van der Waals surface area contributed by atoms with Gasteiger partial charge in [0.25, 0.3) is 0 Å². The number of nitrogen functional groups attached to an aromatic ring is 1. The van der Waals surface area contributed by atoms with Crippen molar-refractivity contribution in [1.82, 2.24) is 10.2 Å². The lowest BCUT2D eigenvalue weighted by atomic mass is 9.99. The van der Waals surface area contributed by atoms with Crippen molar-refractivity contribution < 1.29 is 19.4 Å². The summed E-state index contributed by atoms with van der Waals surface area (Å²) in [7, 11) is 1.37. The molecule has 3 N–H and O–H groups in total. The van der Waals surface area contributed by atoms with Gasteiger partial charge in [-0.05, 0) is 48.4 Å². The van der Waals surface area contributed by atoms with Gasteiger partial charge in [-0.1, -0.05) is 18.2 Å². The highest BCUT2D eigenvalue weighted by Gasteiger charge is 2.26. The number of phenols is 1. The van der Waals surface area contributed by atoms with Crippen LogP contribution in [0.2, 0.25) is 0 Å². The van der Waals surface area contributed by atoms with Crippen LogP contribution in [0.1, 0.15) is 27.6 Å². The fourth-order valence-corrected chi connectivity index (χ4v) is 3.80. The molecule has 0 unspecified atom stereocenters. The maximum Gasteiger partial charge on any atom is 0.337 e. The highest BCUT2D eigenvalue weighted by molar-refractivity contribution is 5.89. The lowest BCUT2D eigenvalue weighted by Gasteiger charge is -2.35. The summed E-state index contributed by atoms with van der Waals surface area (Å²) < 4.78 is 10.8. The summed E-state index contributed by atoms with van der Waals surface area (Å²) >= 11 is 0. The van der Waals surface area contributed by atoms with Crippen molar-refractivity contribution in [3.8, 4) is 17.0 Å². The Balaban J connectivity index is 1.61. The van der Waals surface area contributed by atoms with Crippen molar-refractivity contribution >= 4 is 17.5 Å². The summed E-state index contributed by atoms with van der Waals surface area (Å²) in [6.45, 7) is 3.67. The van der Waals surface area contributed by atoms with E-state index in [1.54, 1.807) is 24.3 Å². The molecule has 1 saturated heterocycles. The summed E-state index contributed by atoms with van der Waals surface area (Å²) in [5, 5.41) is 18.4. The molecule has 1 aliphatic rings. The number of phenolic OH excluding ortho intramolecular Hbond substituents is 1. The molecule has 1 aliphatic heterocycles. The molecule has 31 heavy (non-hydrogen) atoms. The number of hydrogen-bond donors (Lipinski definition) is 2. The minimum Gasteiger partial charge on any atom is -0.507 e. The number of aromatic hydroxyl groups is 1. The van der Waals surface area contributed by atoms with Crippen LogP contribution in [0.5, 0.6) is 5.75 Å². The van der Waals surface area contributed by atoms with Gasteiger partial charge >= 0.3 is 5.97 Å². The monoisotopic (exact) mass is 420 g/mol. The topological polar surface area (TPSA) is 111 Å². The molecule has 0 aliphatic carbocycles. The number of esters is 1. The molecule has 1 atom stereocenters. The van der Waals surface area contributed by atoms with Crippen LogP contribution in [0.25, 0.3) is 11.3 Å². The van der Waals surface area contributed by atoms with Gasteiger partial charge in [-0.25, -0.2) is 4.79 Å². The molecule has 3 aromatic rings. The number of aromatic nitrogens is 2. The number of hydrogen-bond acceptors (Lipinski definition) is 8. The van der Waals surface area contributed by atoms with Crippen LogP contribution in [-0.2, 0) is 9.47 Å². The van der Waals surface area contributed by atoms with Crippen LogP contribution in [0.3, 0.4) is 0 Å². The van der Waals surface area contributed by atoms with Gasteiger partial charge < -0.3 is 25.2 Å². The van der Waals surface area contributed by atoms with Crippen molar-refractivity contribution in [2.24, 2.45) is 0 Å². The first-order valence-electron chi connectivity index (χ1n) is 9.95. The van der Waals surface area contributed by atoms with E-state index in [4.69, 9.17) is 15.2 Å². The number of nitrogens with zero attached hydrogens (tertiary/aromatic N) is 3. The Morgan fingerprint density at radius 2 is 2.03 bits per heavy atom. The third kappa shape index (κ3) is 4.15. The second-order valence-electron chi connectivity index (χ2n) is 7.39. The predicted octanol–water partition coefficient (Wildman–Crippen LogP) is 3.10. The number of para-hydroxylation sites is 1. The quantitative estimate of drug-likeness (QED) is 0.620. The Hall–Kier alpha value is -3.65. The molecule has 0 radical (unpaired) electrons. The Morgan fingerprint density at radius 3 is 2.77 bits per heavy atom. The summed E-state index contributed by atoms with van der Waals surface area (Å²) in [6.07, 6.45) is -0.193. The summed E-state index contributed by atoms with van der Waals surface area (Å²) in [6, 6.07) is 14.3. The minimum atomic E-state index is -0.367. The molecular weight excluding hydrogens is 396 g/mol. The second-order valence-corrected chi connectivity index (χ2v) is 7.39. The molecule has 0 amide bonds. The molecule has 8 heteroatoms. The van der Waals surface area contributed by atoms with Crippen molar-refractivity contribution in [3.05, 3.63) is 65.2 Å². The standard InChI is InChI=1S/C23H24N4O4/c1-14-11-15(23(29)30-2)7-8-16(14)21-13-27(9-10-31-21)19-12-18(25-26-22(19)24)17-5-3-4-6-20(17)28/h3-8,11-12,21,28H,9-10,13H2,1-2H3,(H2,24,26)/t21-/m1/s1. The SMILES string of the molecule is COC(=O)c1ccc([C@H]2CN(c3cc(-c4ccccc4O)nnc3N)CCO2)c(C)c1. The number of morpholine rings is 1. The average molecular weight is 420 g/mol. The first kappa shape index (κ1) is 20.6. The highest BCUT2D eigenvalue weighted by Crippen LogP contribution is 2.34. The van der Waals surface area contributed by atoms with Gasteiger partial charge in [0.15, 0.2) is 5.82 Å². The normalized spacial score (nSPS) is 16.2. The molecule has 2 heterocycles. The van der Waals surface area contributed by atoms with Gasteiger partial charge in [-0.15, -0.1) is 10.2 Å². The zero-order valence-corrected chi connectivity index (χ0v) is 17.4. The second kappa shape index (κ2) is 8.61.